The fraction of sp³-hybridized carbons (Fsp3) is 0.222. The molecule has 0 bridgehead atoms. The topological polar surface area (TPSA) is 17.1 Å². The van der Waals surface area contributed by atoms with E-state index in [-0.39, 0.29) is 5.78 Å². The summed E-state index contributed by atoms with van der Waals surface area (Å²) in [5, 5.41) is 1.88. The number of hydrogen-bond acceptors (Lipinski definition) is 2. The zero-order valence-corrected chi connectivity index (χ0v) is 9.53. The van der Waals surface area contributed by atoms with Gasteiger partial charge in [0.1, 0.15) is 0 Å². The number of carbonyl (C=O) groups excluding carboxylic acids is 1. The number of hydrogen-bond donors (Lipinski definition) is 0. The Morgan fingerprint density at radius 3 is 3.00 bits per heavy atom. The molecule has 1 nitrogen and oxygen atoms in total. The molecule has 0 unspecified atom stereocenters. The molecule has 1 heterocycles. The van der Waals surface area contributed by atoms with Crippen LogP contribution in [-0.2, 0) is 0 Å². The van der Waals surface area contributed by atoms with Gasteiger partial charge in [0, 0.05) is 10.9 Å². The second kappa shape index (κ2) is 4.63. The van der Waals surface area contributed by atoms with E-state index in [1.54, 1.807) is 18.3 Å². The van der Waals surface area contributed by atoms with Crippen LogP contribution in [0.15, 0.2) is 11.4 Å². The van der Waals surface area contributed by atoms with Crippen LogP contribution in [0.2, 0.25) is 0 Å². The Labute approximate surface area is 89.3 Å². The Kier molecular flexibility index (Phi) is 3.76. The average Bonchev–Trinajstić information content (AvgIpc) is 2.47. The van der Waals surface area contributed by atoms with E-state index < -0.39 is 0 Å². The molecule has 0 aliphatic rings. The monoisotopic (exact) mass is 290 g/mol. The molecule has 0 N–H and O–H groups in total. The molecule has 0 aliphatic heterocycles. The quantitative estimate of drug-likeness (QED) is 0.465. The summed E-state index contributed by atoms with van der Waals surface area (Å²) < 4.78 is 1.14. The highest BCUT2D eigenvalue weighted by atomic mass is 127. The van der Waals surface area contributed by atoms with Crippen molar-refractivity contribution in [2.45, 2.75) is 13.3 Å². The smallest absolute Gasteiger partial charge is 0.175 e. The molecule has 1 aromatic heterocycles. The van der Waals surface area contributed by atoms with Gasteiger partial charge >= 0.3 is 0 Å². The first kappa shape index (κ1) is 9.75. The third kappa shape index (κ3) is 2.61. The summed E-state index contributed by atoms with van der Waals surface area (Å²) in [6.07, 6.45) is 0.337. The van der Waals surface area contributed by atoms with Crippen LogP contribution in [0.4, 0.5) is 0 Å². The summed E-state index contributed by atoms with van der Waals surface area (Å²) in [7, 11) is 0. The van der Waals surface area contributed by atoms with Gasteiger partial charge in [-0.2, -0.15) is 0 Å². The van der Waals surface area contributed by atoms with E-state index in [4.69, 9.17) is 0 Å². The third-order valence-electron chi connectivity index (χ3n) is 1.32. The highest BCUT2D eigenvalue weighted by molar-refractivity contribution is 14.1. The van der Waals surface area contributed by atoms with Crippen LogP contribution in [0, 0.1) is 14.7 Å². The number of rotatable bonds is 2. The molecule has 0 saturated heterocycles. The van der Waals surface area contributed by atoms with Crippen LogP contribution in [0.1, 0.15) is 23.7 Å². The van der Waals surface area contributed by atoms with Crippen LogP contribution in [-0.4, -0.2) is 5.78 Å². The minimum absolute atomic E-state index is 0.114. The van der Waals surface area contributed by atoms with Crippen molar-refractivity contribution in [3.8, 4) is 11.8 Å². The largest absolute Gasteiger partial charge is 0.293 e. The Morgan fingerprint density at radius 1 is 1.75 bits per heavy atom. The van der Waals surface area contributed by atoms with E-state index in [1.165, 1.54) is 0 Å². The summed E-state index contributed by atoms with van der Waals surface area (Å²) in [5.74, 6) is 5.58. The van der Waals surface area contributed by atoms with Crippen molar-refractivity contribution < 1.29 is 4.79 Å². The second-order valence-electron chi connectivity index (χ2n) is 2.17. The molecular formula is C9H7IOS. The molecule has 0 atom stereocenters. The van der Waals surface area contributed by atoms with Crippen LogP contribution in [0.25, 0.3) is 0 Å². The standard InChI is InChI=1S/C9H7IOS/c1-2-3-4-8(11)7-5-9(10)12-6-7/h5-6H,4H2,1H3. The summed E-state index contributed by atoms with van der Waals surface area (Å²) in [6.45, 7) is 1.74. The van der Waals surface area contributed by atoms with Crippen molar-refractivity contribution in [1.29, 1.82) is 0 Å². The van der Waals surface area contributed by atoms with Crippen molar-refractivity contribution >= 4 is 39.7 Å². The van der Waals surface area contributed by atoms with Crippen molar-refractivity contribution in [3.63, 3.8) is 0 Å². The molecule has 0 spiro atoms. The molecule has 0 amide bonds. The fourth-order valence-electron chi connectivity index (χ4n) is 0.727. The highest BCUT2D eigenvalue weighted by Crippen LogP contribution is 2.17. The minimum Gasteiger partial charge on any atom is -0.293 e. The van der Waals surface area contributed by atoms with E-state index >= 15 is 0 Å². The van der Waals surface area contributed by atoms with Crippen LogP contribution >= 0.6 is 33.9 Å². The molecule has 0 saturated carbocycles. The highest BCUT2D eigenvalue weighted by Gasteiger charge is 2.05. The first-order valence-electron chi connectivity index (χ1n) is 3.41. The molecule has 0 aromatic carbocycles. The maximum absolute atomic E-state index is 11.3. The maximum atomic E-state index is 11.3. The number of ketones is 1. The zero-order valence-electron chi connectivity index (χ0n) is 6.56. The van der Waals surface area contributed by atoms with E-state index in [2.05, 4.69) is 34.4 Å². The van der Waals surface area contributed by atoms with E-state index in [1.807, 2.05) is 11.4 Å². The Hall–Kier alpha value is -0.340. The van der Waals surface area contributed by atoms with Gasteiger partial charge in [0.05, 0.1) is 9.30 Å². The van der Waals surface area contributed by atoms with Crippen LogP contribution in [0.5, 0.6) is 0 Å². The summed E-state index contributed by atoms with van der Waals surface area (Å²) in [4.78, 5) is 11.3. The lowest BCUT2D eigenvalue weighted by atomic mass is 10.2. The summed E-state index contributed by atoms with van der Waals surface area (Å²) in [5.41, 5.74) is 0.784. The Balaban J connectivity index is 2.69. The summed E-state index contributed by atoms with van der Waals surface area (Å²) in [6, 6.07) is 1.89. The Morgan fingerprint density at radius 2 is 2.50 bits per heavy atom. The molecule has 3 heteroatoms. The molecule has 12 heavy (non-hydrogen) atoms. The average molecular weight is 290 g/mol. The van der Waals surface area contributed by atoms with Gasteiger partial charge in [-0.15, -0.1) is 17.3 Å². The van der Waals surface area contributed by atoms with Gasteiger partial charge < -0.3 is 0 Å². The zero-order chi connectivity index (χ0) is 8.97. The van der Waals surface area contributed by atoms with E-state index in [0.29, 0.717) is 6.42 Å². The lowest BCUT2D eigenvalue weighted by molar-refractivity contribution is 0.0998. The van der Waals surface area contributed by atoms with Crippen LogP contribution in [0.3, 0.4) is 0 Å². The van der Waals surface area contributed by atoms with Gasteiger partial charge in [-0.3, -0.25) is 4.79 Å². The minimum atomic E-state index is 0.114. The molecule has 0 radical (unpaired) electrons. The van der Waals surface area contributed by atoms with E-state index in [0.717, 1.165) is 8.45 Å². The van der Waals surface area contributed by atoms with E-state index in [9.17, 15) is 4.79 Å². The summed E-state index contributed by atoms with van der Waals surface area (Å²) >= 11 is 3.79. The maximum Gasteiger partial charge on any atom is 0.175 e. The Bertz CT molecular complexity index is 343. The molecule has 62 valence electrons. The first-order valence-corrected chi connectivity index (χ1v) is 5.36. The predicted octanol–water partition coefficient (Wildman–Crippen LogP) is 2.95. The van der Waals surface area contributed by atoms with Gasteiger partial charge in [-0.25, -0.2) is 0 Å². The fourth-order valence-corrected chi connectivity index (χ4v) is 2.08. The van der Waals surface area contributed by atoms with Crippen molar-refractivity contribution in [1.82, 2.24) is 0 Å². The normalized spacial score (nSPS) is 8.83. The van der Waals surface area contributed by atoms with Gasteiger partial charge in [0.15, 0.2) is 5.78 Å². The van der Waals surface area contributed by atoms with Crippen LogP contribution < -0.4 is 0 Å². The van der Waals surface area contributed by atoms with Crippen molar-refractivity contribution in [3.05, 3.63) is 19.9 Å². The molecule has 0 fully saturated rings. The van der Waals surface area contributed by atoms with Crippen molar-refractivity contribution in [2.24, 2.45) is 0 Å². The SMILES string of the molecule is CC#CCC(=O)c1csc(I)c1. The number of halogens is 1. The number of Topliss-reactive ketones (excluding diaryl/α,β-unsaturated/α-hetero) is 1. The van der Waals surface area contributed by atoms with Gasteiger partial charge in [0.2, 0.25) is 0 Å². The molecular weight excluding hydrogens is 283 g/mol. The first-order chi connectivity index (χ1) is 5.74. The predicted molar refractivity (Wildman–Crippen MR) is 59.4 cm³/mol. The van der Waals surface area contributed by atoms with Gasteiger partial charge in [-0.05, 0) is 35.6 Å². The lowest BCUT2D eigenvalue weighted by Crippen LogP contribution is -1.93. The molecule has 1 aromatic rings. The number of carbonyl (C=O) groups is 1. The van der Waals surface area contributed by atoms with Gasteiger partial charge in [0.25, 0.3) is 0 Å². The van der Waals surface area contributed by atoms with Crippen molar-refractivity contribution in [2.75, 3.05) is 0 Å². The third-order valence-corrected chi connectivity index (χ3v) is 3.10. The number of thiophene rings is 1. The molecule has 0 aliphatic carbocycles. The molecule has 1 rings (SSSR count). The lowest BCUT2D eigenvalue weighted by Gasteiger charge is -1.87. The second-order valence-corrected chi connectivity index (χ2v) is 4.97. The van der Waals surface area contributed by atoms with Gasteiger partial charge in [-0.1, -0.05) is 5.92 Å².